The Morgan fingerprint density at radius 1 is 1.43 bits per heavy atom. The van der Waals surface area contributed by atoms with Crippen molar-refractivity contribution in [2.75, 3.05) is 7.11 Å². The summed E-state index contributed by atoms with van der Waals surface area (Å²) in [6.07, 6.45) is 4.75. The van der Waals surface area contributed by atoms with Gasteiger partial charge in [-0.1, -0.05) is 12.2 Å². The van der Waals surface area contributed by atoms with Crippen LogP contribution in [-0.4, -0.2) is 19.0 Å². The summed E-state index contributed by atoms with van der Waals surface area (Å²) < 4.78 is 4.50. The van der Waals surface area contributed by atoms with Crippen LogP contribution in [0.3, 0.4) is 0 Å². The first kappa shape index (κ1) is 12.4. The Morgan fingerprint density at radius 3 is 2.50 bits per heavy atom. The number of unbranched alkanes of at least 4 members (excludes halogenated alkanes) is 1. The number of nitrogens with one attached hydrogen (secondary N) is 1. The summed E-state index contributed by atoms with van der Waals surface area (Å²) in [4.78, 5) is 21.8. The minimum atomic E-state index is -0.538. The Kier molecular flexibility index (Phi) is 6.11. The highest BCUT2D eigenvalue weighted by atomic mass is 16.5. The van der Waals surface area contributed by atoms with E-state index < -0.39 is 5.97 Å². The van der Waals surface area contributed by atoms with E-state index in [1.807, 2.05) is 0 Å². The van der Waals surface area contributed by atoms with Crippen LogP contribution in [0.1, 0.15) is 19.8 Å². The van der Waals surface area contributed by atoms with Crippen LogP contribution in [0.15, 0.2) is 24.4 Å². The van der Waals surface area contributed by atoms with Crippen LogP contribution >= 0.6 is 0 Å². The van der Waals surface area contributed by atoms with Gasteiger partial charge >= 0.3 is 5.97 Å². The molecule has 0 aliphatic carbocycles. The number of hydrogen-bond acceptors (Lipinski definition) is 3. The zero-order valence-corrected chi connectivity index (χ0v) is 8.50. The van der Waals surface area contributed by atoms with E-state index in [9.17, 15) is 9.59 Å². The zero-order valence-electron chi connectivity index (χ0n) is 8.50. The zero-order chi connectivity index (χ0) is 11.0. The first-order valence-corrected chi connectivity index (χ1v) is 4.28. The minimum absolute atomic E-state index is 0.182. The van der Waals surface area contributed by atoms with Crippen molar-refractivity contribution in [3.05, 3.63) is 24.4 Å². The average molecular weight is 197 g/mol. The van der Waals surface area contributed by atoms with Crippen LogP contribution in [0.4, 0.5) is 0 Å². The second kappa shape index (κ2) is 6.88. The molecule has 0 saturated heterocycles. The van der Waals surface area contributed by atoms with Gasteiger partial charge in [0.2, 0.25) is 5.91 Å². The number of rotatable bonds is 5. The van der Waals surface area contributed by atoms with E-state index in [0.29, 0.717) is 6.42 Å². The Labute approximate surface area is 83.6 Å². The molecule has 0 heterocycles. The van der Waals surface area contributed by atoms with E-state index in [1.165, 1.54) is 14.0 Å². The van der Waals surface area contributed by atoms with Crippen LogP contribution in [-0.2, 0) is 14.3 Å². The summed E-state index contributed by atoms with van der Waals surface area (Å²) in [6.45, 7) is 4.89. The van der Waals surface area contributed by atoms with E-state index in [-0.39, 0.29) is 11.6 Å². The second-order valence-electron chi connectivity index (χ2n) is 2.66. The van der Waals surface area contributed by atoms with Gasteiger partial charge in [0.25, 0.3) is 0 Å². The van der Waals surface area contributed by atoms with Crippen molar-refractivity contribution in [1.29, 1.82) is 0 Å². The predicted molar refractivity (Wildman–Crippen MR) is 53.3 cm³/mol. The predicted octanol–water partition coefficient (Wildman–Crippen LogP) is 1.15. The van der Waals surface area contributed by atoms with Gasteiger partial charge < -0.3 is 10.1 Å². The molecule has 0 aromatic heterocycles. The molecular formula is C10H15NO3. The van der Waals surface area contributed by atoms with Gasteiger partial charge in [-0.3, -0.25) is 4.79 Å². The molecule has 0 bridgehead atoms. The molecule has 0 aliphatic rings. The summed E-state index contributed by atoms with van der Waals surface area (Å²) >= 11 is 0. The Morgan fingerprint density at radius 2 is 2.07 bits per heavy atom. The molecule has 0 unspecified atom stereocenters. The molecule has 0 saturated carbocycles. The van der Waals surface area contributed by atoms with E-state index in [2.05, 4.69) is 16.6 Å². The molecular weight excluding hydrogens is 182 g/mol. The molecule has 0 aromatic carbocycles. The topological polar surface area (TPSA) is 55.4 Å². The number of carbonyl (C=O) groups excluding carboxylic acids is 2. The lowest BCUT2D eigenvalue weighted by atomic mass is 10.2. The van der Waals surface area contributed by atoms with Gasteiger partial charge in [-0.25, -0.2) is 4.79 Å². The van der Waals surface area contributed by atoms with Crippen molar-refractivity contribution in [2.45, 2.75) is 19.8 Å². The van der Waals surface area contributed by atoms with Gasteiger partial charge in [0, 0.05) is 6.92 Å². The highest BCUT2D eigenvalue weighted by molar-refractivity contribution is 5.93. The van der Waals surface area contributed by atoms with E-state index in [0.717, 1.165) is 6.42 Å². The van der Waals surface area contributed by atoms with Crippen LogP contribution in [0.2, 0.25) is 0 Å². The molecule has 14 heavy (non-hydrogen) atoms. The third kappa shape index (κ3) is 5.13. The standard InChI is InChI=1S/C10H15NO3/c1-4-5-6-7-9(10(13)14-3)11-8(2)12/h4,7H,1,5-6H2,2-3H3,(H,11,12). The smallest absolute Gasteiger partial charge is 0.354 e. The Hall–Kier alpha value is -1.58. The van der Waals surface area contributed by atoms with Crippen molar-refractivity contribution >= 4 is 11.9 Å². The number of methoxy groups -OCH3 is 1. The summed E-state index contributed by atoms with van der Waals surface area (Å²) in [5, 5.41) is 2.40. The molecule has 0 aliphatic heterocycles. The summed E-state index contributed by atoms with van der Waals surface area (Å²) in [6, 6.07) is 0. The van der Waals surface area contributed by atoms with E-state index in [1.54, 1.807) is 12.2 Å². The third-order valence-corrected chi connectivity index (χ3v) is 1.44. The maximum absolute atomic E-state index is 11.1. The summed E-state index contributed by atoms with van der Waals surface area (Å²) in [7, 11) is 1.27. The highest BCUT2D eigenvalue weighted by Crippen LogP contribution is 1.99. The second-order valence-corrected chi connectivity index (χ2v) is 2.66. The molecule has 0 aromatic rings. The van der Waals surface area contributed by atoms with Gasteiger partial charge in [-0.2, -0.15) is 0 Å². The molecule has 0 radical (unpaired) electrons. The first-order chi connectivity index (χ1) is 6.61. The van der Waals surface area contributed by atoms with Gasteiger partial charge in [0.05, 0.1) is 7.11 Å². The van der Waals surface area contributed by atoms with E-state index >= 15 is 0 Å². The largest absolute Gasteiger partial charge is 0.464 e. The van der Waals surface area contributed by atoms with Gasteiger partial charge in [0.15, 0.2) is 0 Å². The number of amides is 1. The Balaban J connectivity index is 4.37. The summed E-state index contributed by atoms with van der Waals surface area (Å²) in [5.41, 5.74) is 0.182. The SMILES string of the molecule is C=CCCC=C(NC(C)=O)C(=O)OC. The van der Waals surface area contributed by atoms with Crippen LogP contribution in [0, 0.1) is 0 Å². The lowest BCUT2D eigenvalue weighted by molar-refractivity contribution is -0.137. The van der Waals surface area contributed by atoms with Crippen molar-refractivity contribution in [2.24, 2.45) is 0 Å². The number of esters is 1. The van der Waals surface area contributed by atoms with Crippen molar-refractivity contribution in [3.8, 4) is 0 Å². The van der Waals surface area contributed by atoms with Gasteiger partial charge in [0.1, 0.15) is 5.70 Å². The number of carbonyl (C=O) groups is 2. The third-order valence-electron chi connectivity index (χ3n) is 1.44. The van der Waals surface area contributed by atoms with Gasteiger partial charge in [-0.05, 0) is 12.8 Å². The molecule has 1 amide bonds. The number of ether oxygens (including phenoxy) is 1. The lowest BCUT2D eigenvalue weighted by Crippen LogP contribution is -2.25. The van der Waals surface area contributed by atoms with Gasteiger partial charge in [-0.15, -0.1) is 6.58 Å². The van der Waals surface area contributed by atoms with Crippen LogP contribution in [0.5, 0.6) is 0 Å². The van der Waals surface area contributed by atoms with Crippen LogP contribution in [0.25, 0.3) is 0 Å². The molecule has 1 N–H and O–H groups in total. The molecule has 4 nitrogen and oxygen atoms in total. The monoisotopic (exact) mass is 197 g/mol. The lowest BCUT2D eigenvalue weighted by Gasteiger charge is -2.04. The number of hydrogen-bond donors (Lipinski definition) is 1. The van der Waals surface area contributed by atoms with Crippen molar-refractivity contribution in [3.63, 3.8) is 0 Å². The van der Waals surface area contributed by atoms with Crippen molar-refractivity contribution < 1.29 is 14.3 Å². The van der Waals surface area contributed by atoms with Crippen LogP contribution < -0.4 is 5.32 Å². The molecule has 0 atom stereocenters. The highest BCUT2D eigenvalue weighted by Gasteiger charge is 2.09. The molecule has 78 valence electrons. The number of allylic oxidation sites excluding steroid dienone is 2. The average Bonchev–Trinajstić information content (AvgIpc) is 2.15. The summed E-state index contributed by atoms with van der Waals surface area (Å²) in [5.74, 6) is -0.829. The molecule has 0 rings (SSSR count). The molecule has 4 heteroatoms. The quantitative estimate of drug-likeness (QED) is 0.311. The fraction of sp³-hybridized carbons (Fsp3) is 0.400. The molecule has 0 spiro atoms. The maximum Gasteiger partial charge on any atom is 0.354 e. The first-order valence-electron chi connectivity index (χ1n) is 4.28. The minimum Gasteiger partial charge on any atom is -0.464 e. The molecule has 0 fully saturated rings. The Bertz CT molecular complexity index is 256. The van der Waals surface area contributed by atoms with Crippen molar-refractivity contribution in [1.82, 2.24) is 5.32 Å². The normalized spacial score (nSPS) is 10.6. The fourth-order valence-electron chi connectivity index (χ4n) is 0.831. The van der Waals surface area contributed by atoms with E-state index in [4.69, 9.17) is 0 Å². The maximum atomic E-state index is 11.1. The fourth-order valence-corrected chi connectivity index (χ4v) is 0.831.